The van der Waals surface area contributed by atoms with Crippen LogP contribution in [0.4, 0.5) is 5.69 Å². The molecule has 2 aromatic heterocycles. The zero-order valence-electron chi connectivity index (χ0n) is 13.7. The highest BCUT2D eigenvalue weighted by atomic mass is 32.1. The number of carbonyl (C=O) groups excluding carboxylic acids is 1. The molecule has 1 aliphatic heterocycles. The van der Waals surface area contributed by atoms with Gasteiger partial charge in [-0.1, -0.05) is 0 Å². The van der Waals surface area contributed by atoms with E-state index in [0.717, 1.165) is 25.1 Å². The first kappa shape index (κ1) is 16.9. The van der Waals surface area contributed by atoms with Crippen LogP contribution >= 0.6 is 11.3 Å². The number of hydrazine groups is 1. The Bertz CT molecular complexity index is 660. The molecule has 2 aromatic rings. The van der Waals surface area contributed by atoms with Gasteiger partial charge in [0.2, 0.25) is 5.91 Å². The topological polar surface area (TPSA) is 78.1 Å². The molecule has 3 rings (SSSR count). The number of rotatable bonds is 7. The average Bonchev–Trinajstić information content (AvgIpc) is 3.24. The van der Waals surface area contributed by atoms with Crippen LogP contribution in [0, 0.1) is 6.92 Å². The van der Waals surface area contributed by atoms with Crippen LogP contribution in [0.5, 0.6) is 0 Å². The number of nitrogens with zero attached hydrogens (tertiary/aromatic N) is 1. The number of aromatic nitrogens is 1. The van der Waals surface area contributed by atoms with Crippen molar-refractivity contribution in [3.05, 3.63) is 46.4 Å². The van der Waals surface area contributed by atoms with Crippen LogP contribution in [0.25, 0.3) is 0 Å². The van der Waals surface area contributed by atoms with Crippen LogP contribution in [0.1, 0.15) is 28.6 Å². The molecule has 4 N–H and O–H groups in total. The van der Waals surface area contributed by atoms with Crippen LogP contribution in [0.2, 0.25) is 0 Å². The summed E-state index contributed by atoms with van der Waals surface area (Å²) in [5.41, 5.74) is 7.32. The minimum absolute atomic E-state index is 0.0552. The monoisotopic (exact) mass is 345 g/mol. The standard InChI is InChI=1S/C17H23N5OS/c1-12-5-6-16(24-12)14-10-15(22-21-14)17(23)20-9-3-8-19-13-4-2-7-18-11-13/h2,4-7,11,14-15,19,21-22H,3,8-10H2,1H3,(H,20,23). The molecular formula is C17H23N5OS. The second kappa shape index (κ2) is 8.23. The number of amides is 1. The van der Waals surface area contributed by atoms with Gasteiger partial charge in [0, 0.05) is 35.2 Å². The van der Waals surface area contributed by atoms with Gasteiger partial charge in [-0.25, -0.2) is 10.9 Å². The Morgan fingerprint density at radius 2 is 2.25 bits per heavy atom. The van der Waals surface area contributed by atoms with E-state index in [9.17, 15) is 4.79 Å². The van der Waals surface area contributed by atoms with Crippen molar-refractivity contribution in [3.8, 4) is 0 Å². The lowest BCUT2D eigenvalue weighted by Gasteiger charge is -2.11. The molecule has 7 heteroatoms. The van der Waals surface area contributed by atoms with Crippen molar-refractivity contribution in [1.29, 1.82) is 0 Å². The number of nitrogens with one attached hydrogen (secondary N) is 4. The van der Waals surface area contributed by atoms with E-state index in [1.807, 2.05) is 12.1 Å². The second-order valence-corrected chi connectivity index (χ2v) is 7.21. The van der Waals surface area contributed by atoms with E-state index in [1.54, 1.807) is 23.7 Å². The van der Waals surface area contributed by atoms with Crippen molar-refractivity contribution in [1.82, 2.24) is 21.2 Å². The van der Waals surface area contributed by atoms with Gasteiger partial charge in [-0.05, 0) is 44.0 Å². The minimum atomic E-state index is -0.177. The van der Waals surface area contributed by atoms with Crippen molar-refractivity contribution in [2.45, 2.75) is 31.8 Å². The van der Waals surface area contributed by atoms with Gasteiger partial charge >= 0.3 is 0 Å². The summed E-state index contributed by atoms with van der Waals surface area (Å²) >= 11 is 1.77. The maximum atomic E-state index is 12.2. The number of pyridine rings is 1. The molecule has 128 valence electrons. The summed E-state index contributed by atoms with van der Waals surface area (Å²) in [6, 6.07) is 8.16. The number of hydrogen-bond acceptors (Lipinski definition) is 6. The van der Waals surface area contributed by atoms with Crippen molar-refractivity contribution in [2.75, 3.05) is 18.4 Å². The number of aryl methyl sites for hydroxylation is 1. The van der Waals surface area contributed by atoms with Crippen molar-refractivity contribution >= 4 is 22.9 Å². The van der Waals surface area contributed by atoms with Crippen LogP contribution in [-0.4, -0.2) is 30.0 Å². The zero-order chi connectivity index (χ0) is 16.8. The fraction of sp³-hybridized carbons (Fsp3) is 0.412. The van der Waals surface area contributed by atoms with Gasteiger partial charge in [0.1, 0.15) is 6.04 Å². The number of thiophene rings is 1. The zero-order valence-corrected chi connectivity index (χ0v) is 14.5. The van der Waals surface area contributed by atoms with Crippen LogP contribution in [0.3, 0.4) is 0 Å². The Hall–Kier alpha value is -1.96. The van der Waals surface area contributed by atoms with Crippen LogP contribution in [-0.2, 0) is 4.79 Å². The maximum absolute atomic E-state index is 12.2. The molecule has 2 atom stereocenters. The molecular weight excluding hydrogens is 322 g/mol. The predicted molar refractivity (Wildman–Crippen MR) is 96.8 cm³/mol. The third-order valence-corrected chi connectivity index (χ3v) is 5.08. The highest BCUT2D eigenvalue weighted by Crippen LogP contribution is 2.28. The third kappa shape index (κ3) is 4.53. The lowest BCUT2D eigenvalue weighted by Crippen LogP contribution is -2.43. The van der Waals surface area contributed by atoms with Crippen LogP contribution < -0.4 is 21.5 Å². The maximum Gasteiger partial charge on any atom is 0.238 e. The third-order valence-electron chi connectivity index (χ3n) is 3.97. The van der Waals surface area contributed by atoms with Gasteiger partial charge in [0.25, 0.3) is 0 Å². The molecule has 0 aromatic carbocycles. The first-order chi connectivity index (χ1) is 11.7. The first-order valence-corrected chi connectivity index (χ1v) is 9.03. The van der Waals surface area contributed by atoms with E-state index in [2.05, 4.69) is 45.5 Å². The van der Waals surface area contributed by atoms with Crippen LogP contribution in [0.15, 0.2) is 36.7 Å². The van der Waals surface area contributed by atoms with Gasteiger partial charge in [0.15, 0.2) is 0 Å². The van der Waals surface area contributed by atoms with E-state index in [0.29, 0.717) is 6.54 Å². The second-order valence-electron chi connectivity index (χ2n) is 5.89. The lowest BCUT2D eigenvalue weighted by molar-refractivity contribution is -0.122. The smallest absolute Gasteiger partial charge is 0.238 e. The fourth-order valence-corrected chi connectivity index (χ4v) is 3.62. The first-order valence-electron chi connectivity index (χ1n) is 8.21. The van der Waals surface area contributed by atoms with Gasteiger partial charge in [-0.3, -0.25) is 9.78 Å². The normalized spacial score (nSPS) is 20.0. The SMILES string of the molecule is Cc1ccc(C2CC(C(=O)NCCCNc3cccnc3)NN2)s1. The molecule has 1 fully saturated rings. The Morgan fingerprint density at radius 1 is 1.33 bits per heavy atom. The molecule has 0 radical (unpaired) electrons. The van der Waals surface area contributed by atoms with E-state index < -0.39 is 0 Å². The Labute approximate surface area is 146 Å². The summed E-state index contributed by atoms with van der Waals surface area (Å²) in [6.07, 6.45) is 5.19. The molecule has 1 aliphatic rings. The summed E-state index contributed by atoms with van der Waals surface area (Å²) in [5, 5.41) is 6.27. The number of anilines is 1. The highest BCUT2D eigenvalue weighted by molar-refractivity contribution is 7.12. The summed E-state index contributed by atoms with van der Waals surface area (Å²) in [4.78, 5) is 18.8. The molecule has 0 aliphatic carbocycles. The Morgan fingerprint density at radius 3 is 3.00 bits per heavy atom. The number of carbonyl (C=O) groups is 1. The molecule has 3 heterocycles. The quantitative estimate of drug-likeness (QED) is 0.577. The summed E-state index contributed by atoms with van der Waals surface area (Å²) < 4.78 is 0. The van der Waals surface area contributed by atoms with Crippen molar-refractivity contribution in [3.63, 3.8) is 0 Å². The van der Waals surface area contributed by atoms with Crippen molar-refractivity contribution in [2.24, 2.45) is 0 Å². The summed E-state index contributed by atoms with van der Waals surface area (Å²) in [7, 11) is 0. The van der Waals surface area contributed by atoms with Gasteiger partial charge in [0.05, 0.1) is 11.7 Å². The molecule has 0 bridgehead atoms. The average molecular weight is 345 g/mol. The van der Waals surface area contributed by atoms with Gasteiger partial charge in [-0.15, -0.1) is 11.3 Å². The van der Waals surface area contributed by atoms with E-state index >= 15 is 0 Å². The summed E-state index contributed by atoms with van der Waals surface area (Å²) in [5.74, 6) is 0.0552. The van der Waals surface area contributed by atoms with E-state index in [1.165, 1.54) is 9.75 Å². The summed E-state index contributed by atoms with van der Waals surface area (Å²) in [6.45, 7) is 3.56. The molecule has 0 spiro atoms. The molecule has 1 amide bonds. The van der Waals surface area contributed by atoms with E-state index in [-0.39, 0.29) is 18.0 Å². The molecule has 1 saturated heterocycles. The van der Waals surface area contributed by atoms with Crippen molar-refractivity contribution < 1.29 is 4.79 Å². The Balaban J connectivity index is 1.34. The lowest BCUT2D eigenvalue weighted by atomic mass is 10.1. The van der Waals surface area contributed by atoms with Gasteiger partial charge < -0.3 is 10.6 Å². The molecule has 0 saturated carbocycles. The molecule has 6 nitrogen and oxygen atoms in total. The highest BCUT2D eigenvalue weighted by Gasteiger charge is 2.30. The van der Waals surface area contributed by atoms with Gasteiger partial charge in [-0.2, -0.15) is 0 Å². The minimum Gasteiger partial charge on any atom is -0.384 e. The predicted octanol–water partition coefficient (Wildman–Crippen LogP) is 1.98. The molecule has 2 unspecified atom stereocenters. The Kier molecular flexibility index (Phi) is 5.79. The number of hydrogen-bond donors (Lipinski definition) is 4. The molecule has 24 heavy (non-hydrogen) atoms. The largest absolute Gasteiger partial charge is 0.384 e. The fourth-order valence-electron chi connectivity index (χ4n) is 2.68. The van der Waals surface area contributed by atoms with E-state index in [4.69, 9.17) is 0 Å².